The molecule has 0 spiro atoms. The lowest BCUT2D eigenvalue weighted by atomic mass is 10.2. The van der Waals surface area contributed by atoms with Gasteiger partial charge in [-0.15, -0.1) is 10.2 Å². The number of nitrogens with one attached hydrogen (secondary N) is 1. The molecule has 3 rings (SSSR count). The topological polar surface area (TPSA) is 101 Å². The predicted molar refractivity (Wildman–Crippen MR) is 109 cm³/mol. The Morgan fingerprint density at radius 2 is 1.86 bits per heavy atom. The van der Waals surface area contributed by atoms with Gasteiger partial charge in [-0.1, -0.05) is 23.5 Å². The summed E-state index contributed by atoms with van der Waals surface area (Å²) in [6.07, 6.45) is 0.902. The van der Waals surface area contributed by atoms with Crippen molar-refractivity contribution in [1.82, 2.24) is 10.2 Å². The van der Waals surface area contributed by atoms with Gasteiger partial charge in [0.2, 0.25) is 21.1 Å². The third-order valence-corrected chi connectivity index (χ3v) is 5.83. The lowest BCUT2D eigenvalue weighted by molar-refractivity contribution is -0.114. The molecule has 0 unspecified atom stereocenters. The van der Waals surface area contributed by atoms with Crippen LogP contribution in [0, 0.1) is 5.82 Å². The smallest absolute Gasteiger partial charge is 0.246 e. The molecule has 0 atom stereocenters. The second-order valence-corrected chi connectivity index (χ2v) is 8.79. The van der Waals surface area contributed by atoms with Crippen molar-refractivity contribution in [3.8, 4) is 16.3 Å². The number of benzene rings is 2. The highest BCUT2D eigenvalue weighted by atomic mass is 32.2. The van der Waals surface area contributed by atoms with E-state index >= 15 is 0 Å². The minimum atomic E-state index is -3.88. The molecule has 152 valence electrons. The molecular formula is C18H17FN4O4S2. The number of rotatable bonds is 7. The molecule has 0 aliphatic rings. The maximum absolute atomic E-state index is 14.0. The molecule has 3 aromatic rings. The highest BCUT2D eigenvalue weighted by Gasteiger charge is 2.24. The van der Waals surface area contributed by atoms with E-state index in [2.05, 4.69) is 15.5 Å². The number of aromatic nitrogens is 2. The molecule has 8 nitrogen and oxygen atoms in total. The zero-order chi connectivity index (χ0) is 21.0. The zero-order valence-electron chi connectivity index (χ0n) is 15.5. The summed E-state index contributed by atoms with van der Waals surface area (Å²) >= 11 is 1.12. The summed E-state index contributed by atoms with van der Waals surface area (Å²) in [6, 6.07) is 12.5. The quantitative estimate of drug-likeness (QED) is 0.611. The number of amides is 1. The van der Waals surface area contributed by atoms with E-state index in [1.165, 1.54) is 18.2 Å². The summed E-state index contributed by atoms with van der Waals surface area (Å²) in [5.41, 5.74) is 0.578. The van der Waals surface area contributed by atoms with E-state index < -0.39 is 28.3 Å². The molecule has 2 aromatic carbocycles. The lowest BCUT2D eigenvalue weighted by Gasteiger charge is -2.21. The Hall–Kier alpha value is -3.05. The summed E-state index contributed by atoms with van der Waals surface area (Å²) in [5, 5.41) is 11.2. The van der Waals surface area contributed by atoms with Crippen molar-refractivity contribution in [2.24, 2.45) is 0 Å². The second-order valence-electron chi connectivity index (χ2n) is 5.91. The SMILES string of the molecule is COc1ccc(-c2nnc(NC(=O)CN(c3ccccc3F)S(C)(=O)=O)s2)cc1. The minimum Gasteiger partial charge on any atom is -0.497 e. The van der Waals surface area contributed by atoms with Gasteiger partial charge in [-0.2, -0.15) is 0 Å². The Morgan fingerprint density at radius 3 is 2.48 bits per heavy atom. The Morgan fingerprint density at radius 1 is 1.17 bits per heavy atom. The largest absolute Gasteiger partial charge is 0.497 e. The van der Waals surface area contributed by atoms with E-state index in [1.54, 1.807) is 31.4 Å². The van der Waals surface area contributed by atoms with Crippen molar-refractivity contribution >= 4 is 38.1 Å². The average Bonchev–Trinajstić information content (AvgIpc) is 3.14. The first-order valence-corrected chi connectivity index (χ1v) is 10.9. The molecule has 1 aromatic heterocycles. The van der Waals surface area contributed by atoms with Gasteiger partial charge in [0.05, 0.1) is 19.1 Å². The normalized spacial score (nSPS) is 11.1. The molecule has 0 aliphatic heterocycles. The molecule has 1 amide bonds. The minimum absolute atomic E-state index is 0.197. The number of nitrogens with zero attached hydrogens (tertiary/aromatic N) is 3. The van der Waals surface area contributed by atoms with Gasteiger partial charge in [-0.3, -0.25) is 14.4 Å². The fourth-order valence-corrected chi connectivity index (χ4v) is 4.07. The molecule has 11 heteroatoms. The second kappa shape index (κ2) is 8.53. The third-order valence-electron chi connectivity index (χ3n) is 3.82. The number of anilines is 2. The van der Waals surface area contributed by atoms with Crippen molar-refractivity contribution < 1.29 is 22.3 Å². The standard InChI is InChI=1S/C18H17FN4O4S2/c1-27-13-9-7-12(8-10-13)17-21-22-18(28-17)20-16(24)11-23(29(2,25)26)15-6-4-3-5-14(15)19/h3-10H,11H2,1-2H3,(H,20,22,24). The van der Waals surface area contributed by atoms with Crippen LogP contribution < -0.4 is 14.4 Å². The van der Waals surface area contributed by atoms with Gasteiger partial charge in [0.15, 0.2) is 0 Å². The fraction of sp³-hybridized carbons (Fsp3) is 0.167. The summed E-state index contributed by atoms with van der Waals surface area (Å²) in [5.74, 6) is -0.722. The summed E-state index contributed by atoms with van der Waals surface area (Å²) < 4.78 is 43.9. The highest BCUT2D eigenvalue weighted by Crippen LogP contribution is 2.28. The fourth-order valence-electron chi connectivity index (χ4n) is 2.45. The molecule has 1 heterocycles. The monoisotopic (exact) mass is 436 g/mol. The van der Waals surface area contributed by atoms with Gasteiger partial charge in [-0.05, 0) is 36.4 Å². The number of carbonyl (C=O) groups excluding carboxylic acids is 1. The van der Waals surface area contributed by atoms with E-state index in [0.29, 0.717) is 15.1 Å². The van der Waals surface area contributed by atoms with Crippen LogP contribution in [0.3, 0.4) is 0 Å². The molecule has 0 fully saturated rings. The maximum Gasteiger partial charge on any atom is 0.246 e. The van der Waals surface area contributed by atoms with Gasteiger partial charge in [-0.25, -0.2) is 12.8 Å². The Labute approximate surface area is 171 Å². The van der Waals surface area contributed by atoms with Crippen molar-refractivity contribution in [3.05, 3.63) is 54.3 Å². The first-order valence-electron chi connectivity index (χ1n) is 8.28. The molecular weight excluding hydrogens is 419 g/mol. The number of hydrogen-bond acceptors (Lipinski definition) is 7. The number of methoxy groups -OCH3 is 1. The molecule has 1 N–H and O–H groups in total. The first kappa shape index (κ1) is 20.7. The van der Waals surface area contributed by atoms with Crippen LogP contribution in [-0.2, 0) is 14.8 Å². The van der Waals surface area contributed by atoms with E-state index in [0.717, 1.165) is 29.2 Å². The molecule has 0 saturated heterocycles. The van der Waals surface area contributed by atoms with E-state index in [9.17, 15) is 17.6 Å². The molecule has 0 saturated carbocycles. The summed E-state index contributed by atoms with van der Waals surface area (Å²) in [4.78, 5) is 12.4. The number of carbonyl (C=O) groups is 1. The third kappa shape index (κ3) is 5.06. The number of halogens is 1. The van der Waals surface area contributed by atoms with Gasteiger partial charge < -0.3 is 4.74 Å². The highest BCUT2D eigenvalue weighted by molar-refractivity contribution is 7.92. The average molecular weight is 436 g/mol. The molecule has 0 radical (unpaired) electrons. The van der Waals surface area contributed by atoms with Crippen molar-refractivity contribution in [2.45, 2.75) is 0 Å². The molecule has 29 heavy (non-hydrogen) atoms. The lowest BCUT2D eigenvalue weighted by Crippen LogP contribution is -2.38. The van der Waals surface area contributed by atoms with Crippen LogP contribution in [-0.4, -0.2) is 44.4 Å². The van der Waals surface area contributed by atoms with Gasteiger partial charge in [0.25, 0.3) is 0 Å². The zero-order valence-corrected chi connectivity index (χ0v) is 17.1. The molecule has 0 aliphatic carbocycles. The molecule has 0 bridgehead atoms. The number of para-hydroxylation sites is 1. The van der Waals surface area contributed by atoms with Crippen LogP contribution in [0.2, 0.25) is 0 Å². The van der Waals surface area contributed by atoms with Crippen LogP contribution in [0.5, 0.6) is 5.75 Å². The van der Waals surface area contributed by atoms with Crippen LogP contribution in [0.15, 0.2) is 48.5 Å². The number of hydrogen-bond donors (Lipinski definition) is 1. The predicted octanol–water partition coefficient (Wildman–Crippen LogP) is 2.76. The summed E-state index contributed by atoms with van der Waals surface area (Å²) in [7, 11) is -2.32. The van der Waals surface area contributed by atoms with Crippen molar-refractivity contribution in [1.29, 1.82) is 0 Å². The van der Waals surface area contributed by atoms with Crippen LogP contribution in [0.25, 0.3) is 10.6 Å². The van der Waals surface area contributed by atoms with Crippen molar-refractivity contribution in [3.63, 3.8) is 0 Å². The van der Waals surface area contributed by atoms with Crippen LogP contribution in [0.4, 0.5) is 15.2 Å². The number of sulfonamides is 1. The Balaban J connectivity index is 1.74. The van der Waals surface area contributed by atoms with Gasteiger partial charge >= 0.3 is 0 Å². The van der Waals surface area contributed by atoms with Gasteiger partial charge in [0.1, 0.15) is 23.1 Å². The Kier molecular flexibility index (Phi) is 6.09. The van der Waals surface area contributed by atoms with Gasteiger partial charge in [0, 0.05) is 5.56 Å². The maximum atomic E-state index is 14.0. The van der Waals surface area contributed by atoms with Crippen molar-refractivity contribution in [2.75, 3.05) is 29.5 Å². The van der Waals surface area contributed by atoms with Crippen LogP contribution in [0.1, 0.15) is 0 Å². The van der Waals surface area contributed by atoms with Crippen LogP contribution >= 0.6 is 11.3 Å². The first-order chi connectivity index (χ1) is 13.8. The van der Waals surface area contributed by atoms with E-state index in [-0.39, 0.29) is 10.8 Å². The van der Waals surface area contributed by atoms with E-state index in [4.69, 9.17) is 4.74 Å². The van der Waals surface area contributed by atoms with E-state index in [1.807, 2.05) is 0 Å². The Bertz CT molecular complexity index is 1120. The summed E-state index contributed by atoms with van der Waals surface area (Å²) in [6.45, 7) is -0.600. The number of ether oxygens (including phenoxy) is 1.